The second-order valence-corrected chi connectivity index (χ2v) is 12.1. The molecule has 0 aliphatic heterocycles. The van der Waals surface area contributed by atoms with E-state index >= 15 is 0 Å². The van der Waals surface area contributed by atoms with Crippen molar-refractivity contribution in [2.45, 2.75) is 192 Å². The van der Waals surface area contributed by atoms with Gasteiger partial charge in [0.1, 0.15) is 18.3 Å². The molecule has 42 heavy (non-hydrogen) atoms. The molecule has 0 aromatic rings. The van der Waals surface area contributed by atoms with Crippen LogP contribution in [0.1, 0.15) is 168 Å². The Hall–Kier alpha value is -1.22. The fraction of sp³-hybridized carbons (Fsp3) is 0.941. The summed E-state index contributed by atoms with van der Waals surface area (Å²) in [4.78, 5) is 25.3. The lowest BCUT2D eigenvalue weighted by Gasteiger charge is -2.28. The molecule has 8 heteroatoms. The van der Waals surface area contributed by atoms with Crippen molar-refractivity contribution in [1.29, 1.82) is 0 Å². The van der Waals surface area contributed by atoms with Crippen LogP contribution in [0.5, 0.6) is 0 Å². The SMILES string of the molecule is CCCCCCCCCCCCCCCC(=O)O[C@@H](C(=O)NCCCCCCCCCCCC)[C@@H](O)[C@H](O)[C@H](O)CO. The molecule has 0 aromatic carbocycles. The van der Waals surface area contributed by atoms with E-state index in [2.05, 4.69) is 19.2 Å². The topological polar surface area (TPSA) is 136 Å². The van der Waals surface area contributed by atoms with Crippen molar-refractivity contribution < 1.29 is 34.8 Å². The number of aliphatic hydroxyl groups excluding tert-OH is 4. The van der Waals surface area contributed by atoms with E-state index in [1.165, 1.54) is 103 Å². The van der Waals surface area contributed by atoms with Crippen molar-refractivity contribution in [1.82, 2.24) is 5.32 Å². The van der Waals surface area contributed by atoms with Crippen molar-refractivity contribution >= 4 is 11.9 Å². The molecular weight excluding hydrogens is 534 g/mol. The van der Waals surface area contributed by atoms with Gasteiger partial charge >= 0.3 is 5.97 Å². The first kappa shape index (κ1) is 40.8. The first-order valence-electron chi connectivity index (χ1n) is 17.5. The van der Waals surface area contributed by atoms with Gasteiger partial charge in [-0.3, -0.25) is 9.59 Å². The van der Waals surface area contributed by atoms with Gasteiger partial charge < -0.3 is 30.5 Å². The lowest BCUT2D eigenvalue weighted by Crippen LogP contribution is -2.53. The minimum absolute atomic E-state index is 0.116. The summed E-state index contributed by atoms with van der Waals surface area (Å²) >= 11 is 0. The zero-order valence-electron chi connectivity index (χ0n) is 27.2. The Balaban J connectivity index is 4.28. The summed E-state index contributed by atoms with van der Waals surface area (Å²) in [5.74, 6) is -1.33. The molecule has 0 saturated carbocycles. The second kappa shape index (κ2) is 29.8. The normalized spacial score (nSPS) is 14.3. The fourth-order valence-electron chi connectivity index (χ4n) is 5.21. The number of nitrogens with one attached hydrogen (secondary N) is 1. The number of unbranched alkanes of at least 4 members (excludes halogenated alkanes) is 21. The molecule has 0 aromatic heterocycles. The Labute approximate surface area is 257 Å². The molecule has 1 amide bonds. The number of hydrogen-bond acceptors (Lipinski definition) is 7. The van der Waals surface area contributed by atoms with Crippen LogP contribution in [0.3, 0.4) is 0 Å². The standard InChI is InChI=1S/C34H67NO7/c1-3-5-7-9-11-13-15-16-17-18-20-22-24-26-30(38)42-33(32(40)31(39)29(37)28-36)34(41)35-27-25-23-21-19-14-12-10-8-6-4-2/h29,31-33,36-37,39-40H,3-28H2,1-2H3,(H,35,41)/t29-,31-,32+,33-/m1/s1. The number of aliphatic hydroxyl groups is 4. The summed E-state index contributed by atoms with van der Waals surface area (Å²) in [5.41, 5.74) is 0. The van der Waals surface area contributed by atoms with E-state index in [1.807, 2.05) is 0 Å². The lowest BCUT2D eigenvalue weighted by atomic mass is 10.0. The highest BCUT2D eigenvalue weighted by Gasteiger charge is 2.38. The third-order valence-electron chi connectivity index (χ3n) is 8.07. The maximum Gasteiger partial charge on any atom is 0.306 e. The molecular formula is C34H67NO7. The van der Waals surface area contributed by atoms with Crippen LogP contribution in [0.2, 0.25) is 0 Å². The van der Waals surface area contributed by atoms with Crippen LogP contribution in [0.4, 0.5) is 0 Å². The zero-order valence-corrected chi connectivity index (χ0v) is 27.2. The Morgan fingerprint density at radius 1 is 0.571 bits per heavy atom. The van der Waals surface area contributed by atoms with Crippen LogP contribution in [0.15, 0.2) is 0 Å². The monoisotopic (exact) mass is 601 g/mol. The molecule has 0 unspecified atom stereocenters. The molecule has 4 atom stereocenters. The summed E-state index contributed by atoms with van der Waals surface area (Å²) in [7, 11) is 0. The smallest absolute Gasteiger partial charge is 0.306 e. The Kier molecular flexibility index (Phi) is 29.0. The third-order valence-corrected chi connectivity index (χ3v) is 8.07. The van der Waals surface area contributed by atoms with Crippen LogP contribution in [0, 0.1) is 0 Å². The van der Waals surface area contributed by atoms with Crippen LogP contribution in [-0.2, 0) is 14.3 Å². The fourth-order valence-corrected chi connectivity index (χ4v) is 5.21. The van der Waals surface area contributed by atoms with Gasteiger partial charge in [-0.05, 0) is 12.8 Å². The van der Waals surface area contributed by atoms with E-state index in [9.17, 15) is 24.9 Å². The van der Waals surface area contributed by atoms with Gasteiger partial charge in [-0.2, -0.15) is 0 Å². The molecule has 0 spiro atoms. The van der Waals surface area contributed by atoms with E-state index in [1.54, 1.807) is 0 Å². The highest BCUT2D eigenvalue weighted by Crippen LogP contribution is 2.15. The number of hydrogen-bond donors (Lipinski definition) is 5. The number of carbonyl (C=O) groups is 2. The minimum Gasteiger partial charge on any atom is -0.449 e. The van der Waals surface area contributed by atoms with Gasteiger partial charge in [0.2, 0.25) is 6.10 Å². The molecule has 0 aliphatic carbocycles. The largest absolute Gasteiger partial charge is 0.449 e. The predicted octanol–water partition coefficient (Wildman–Crippen LogP) is 6.49. The van der Waals surface area contributed by atoms with Crippen LogP contribution in [-0.4, -0.2) is 69.9 Å². The van der Waals surface area contributed by atoms with Crippen LogP contribution in [0.25, 0.3) is 0 Å². The average molecular weight is 602 g/mol. The van der Waals surface area contributed by atoms with Gasteiger partial charge in [0.25, 0.3) is 5.91 Å². The van der Waals surface area contributed by atoms with Gasteiger partial charge in [0.15, 0.2) is 0 Å². The van der Waals surface area contributed by atoms with Gasteiger partial charge in [-0.15, -0.1) is 0 Å². The number of esters is 1. The summed E-state index contributed by atoms with van der Waals surface area (Å²) in [6.45, 7) is 4.03. The molecule has 0 bridgehead atoms. The van der Waals surface area contributed by atoms with Crippen molar-refractivity contribution in [3.8, 4) is 0 Å². The lowest BCUT2D eigenvalue weighted by molar-refractivity contribution is -0.173. The number of carbonyl (C=O) groups excluding carboxylic acids is 2. The van der Waals surface area contributed by atoms with E-state index in [0.717, 1.165) is 38.5 Å². The Morgan fingerprint density at radius 2 is 0.952 bits per heavy atom. The van der Waals surface area contributed by atoms with Crippen molar-refractivity contribution in [2.75, 3.05) is 13.2 Å². The molecule has 0 rings (SSSR count). The minimum atomic E-state index is -1.85. The molecule has 250 valence electrons. The molecule has 0 fully saturated rings. The van der Waals surface area contributed by atoms with E-state index in [4.69, 9.17) is 9.84 Å². The number of rotatable bonds is 31. The zero-order chi connectivity index (χ0) is 31.3. The quantitative estimate of drug-likeness (QED) is 0.0452. The maximum absolute atomic E-state index is 12.8. The van der Waals surface area contributed by atoms with Gasteiger partial charge in [0.05, 0.1) is 6.61 Å². The van der Waals surface area contributed by atoms with Gasteiger partial charge in [-0.25, -0.2) is 0 Å². The third kappa shape index (κ3) is 23.3. The van der Waals surface area contributed by atoms with Crippen molar-refractivity contribution in [2.24, 2.45) is 0 Å². The Morgan fingerprint density at radius 3 is 1.36 bits per heavy atom. The maximum atomic E-state index is 12.8. The summed E-state index contributed by atoms with van der Waals surface area (Å²) < 4.78 is 5.29. The molecule has 0 radical (unpaired) electrons. The molecule has 0 heterocycles. The van der Waals surface area contributed by atoms with Crippen molar-refractivity contribution in [3.63, 3.8) is 0 Å². The van der Waals surface area contributed by atoms with Crippen molar-refractivity contribution in [3.05, 3.63) is 0 Å². The predicted molar refractivity (Wildman–Crippen MR) is 170 cm³/mol. The highest BCUT2D eigenvalue weighted by molar-refractivity contribution is 5.84. The summed E-state index contributed by atoms with van der Waals surface area (Å²) in [6, 6.07) is 0. The first-order valence-corrected chi connectivity index (χ1v) is 17.5. The van der Waals surface area contributed by atoms with E-state index in [0.29, 0.717) is 13.0 Å². The number of amides is 1. The molecule has 0 aliphatic rings. The first-order chi connectivity index (χ1) is 20.4. The average Bonchev–Trinajstić information content (AvgIpc) is 2.99. The summed E-state index contributed by atoms with van der Waals surface area (Å²) in [5, 5.41) is 42.2. The number of ether oxygens (including phenoxy) is 1. The molecule has 5 N–H and O–H groups in total. The van der Waals surface area contributed by atoms with Gasteiger partial charge in [-0.1, -0.05) is 149 Å². The van der Waals surface area contributed by atoms with Crippen LogP contribution < -0.4 is 5.32 Å². The Bertz CT molecular complexity index is 619. The second-order valence-electron chi connectivity index (χ2n) is 12.1. The highest BCUT2D eigenvalue weighted by atomic mass is 16.6. The van der Waals surface area contributed by atoms with E-state index in [-0.39, 0.29) is 6.42 Å². The molecule has 0 saturated heterocycles. The molecule has 8 nitrogen and oxygen atoms in total. The summed E-state index contributed by atoms with van der Waals surface area (Å²) in [6.07, 6.45) is 20.2. The van der Waals surface area contributed by atoms with Crippen LogP contribution >= 0.6 is 0 Å². The van der Waals surface area contributed by atoms with E-state index < -0.39 is 42.9 Å². The van der Waals surface area contributed by atoms with Gasteiger partial charge in [0, 0.05) is 13.0 Å².